The number of nitrogens with two attached hydrogens (primary N) is 1. The molecule has 27 heteroatoms. The molecule has 2 aromatic heterocycles. The minimum absolute atomic E-state index is 0.0672. The fourth-order valence-corrected chi connectivity index (χ4v) is 4.93. The summed E-state index contributed by atoms with van der Waals surface area (Å²) < 4.78 is 112. The van der Waals surface area contributed by atoms with Crippen molar-refractivity contribution in [2.45, 2.75) is 52.1 Å². The zero-order valence-corrected chi connectivity index (χ0v) is 30.4. The Kier molecular flexibility index (Phi) is 17.0. The van der Waals surface area contributed by atoms with Crippen LogP contribution in [0.2, 0.25) is 20.1 Å². The first-order valence-corrected chi connectivity index (χ1v) is 16.0. The second-order valence-corrected chi connectivity index (χ2v) is 11.5. The molecule has 0 aliphatic heterocycles. The third-order valence-corrected chi connectivity index (χ3v) is 7.33. The van der Waals surface area contributed by atoms with Gasteiger partial charge in [-0.2, -0.15) is 26.3 Å². The molecule has 53 heavy (non-hydrogen) atoms. The van der Waals surface area contributed by atoms with E-state index >= 15 is 0 Å². The number of ether oxygens (including phenoxy) is 2. The van der Waals surface area contributed by atoms with Gasteiger partial charge in [0, 0.05) is 13.1 Å². The summed E-state index contributed by atoms with van der Waals surface area (Å²) in [4.78, 5) is 23.2. The van der Waals surface area contributed by atoms with E-state index in [1.807, 2.05) is 6.92 Å². The molecule has 0 radical (unpaired) electrons. The number of nitrogen functional groups attached to an aromatic ring is 1. The van der Waals surface area contributed by atoms with Crippen LogP contribution in [0.5, 0.6) is 11.5 Å². The van der Waals surface area contributed by atoms with E-state index in [-0.39, 0.29) is 16.0 Å². The van der Waals surface area contributed by atoms with E-state index in [1.54, 1.807) is 6.92 Å². The van der Waals surface area contributed by atoms with Gasteiger partial charge in [0.05, 0.1) is 57.3 Å². The van der Waals surface area contributed by atoms with Crippen LogP contribution in [0.15, 0.2) is 12.1 Å². The van der Waals surface area contributed by atoms with Crippen molar-refractivity contribution in [3.05, 3.63) is 55.0 Å². The van der Waals surface area contributed by atoms with Crippen molar-refractivity contribution in [3.8, 4) is 11.5 Å². The molecule has 0 fully saturated rings. The van der Waals surface area contributed by atoms with Crippen molar-refractivity contribution in [1.82, 2.24) is 40.4 Å². The molecule has 0 spiro atoms. The first-order valence-electron chi connectivity index (χ1n) is 14.1. The van der Waals surface area contributed by atoms with Gasteiger partial charge in [-0.15, -0.1) is 0 Å². The van der Waals surface area contributed by atoms with Gasteiger partial charge >= 0.3 is 12.4 Å². The average Bonchev–Trinajstić information content (AvgIpc) is 3.67. The van der Waals surface area contributed by atoms with Gasteiger partial charge in [0.2, 0.25) is 11.9 Å². The fraction of sp³-hybridized carbons (Fsp3) is 0.385. The van der Waals surface area contributed by atoms with Gasteiger partial charge in [-0.3, -0.25) is 14.9 Å². The lowest BCUT2D eigenvalue weighted by molar-refractivity contribution is -0.140. The monoisotopic (exact) mass is 866 g/mol. The number of nitrogens with zero attached hydrogens (tertiary/aromatic N) is 8. The van der Waals surface area contributed by atoms with Crippen LogP contribution in [-0.2, 0) is 13.1 Å². The Balaban J connectivity index is 0.000000313. The Morgan fingerprint density at radius 3 is 1.60 bits per heavy atom. The van der Waals surface area contributed by atoms with Gasteiger partial charge in [0.25, 0.3) is 11.1 Å². The topological polar surface area (TPSA) is 178 Å². The molecule has 2 heterocycles. The minimum Gasteiger partial charge on any atom is -0.490 e. The van der Waals surface area contributed by atoms with E-state index in [1.165, 1.54) is 9.36 Å². The van der Waals surface area contributed by atoms with E-state index in [4.69, 9.17) is 73.2 Å². The summed E-state index contributed by atoms with van der Waals surface area (Å²) in [5.41, 5.74) is 3.92. The molecule has 0 unspecified atom stereocenters. The highest BCUT2D eigenvalue weighted by Crippen LogP contribution is 2.39. The summed E-state index contributed by atoms with van der Waals surface area (Å²) in [6, 6.07) is 1.40. The molecule has 0 saturated carbocycles. The highest BCUT2D eigenvalue weighted by molar-refractivity contribution is 6.69. The highest BCUT2D eigenvalue weighted by atomic mass is 35.5. The molecule has 0 saturated heterocycles. The van der Waals surface area contributed by atoms with Gasteiger partial charge in [-0.1, -0.05) is 56.6 Å². The van der Waals surface area contributed by atoms with Gasteiger partial charge in [0.15, 0.2) is 11.5 Å². The number of halogens is 13. The Morgan fingerprint density at radius 1 is 0.774 bits per heavy atom. The predicted octanol–water partition coefficient (Wildman–Crippen LogP) is 7.84. The van der Waals surface area contributed by atoms with Crippen molar-refractivity contribution < 1.29 is 54.2 Å². The maximum Gasteiger partial charge on any atom is 0.392 e. The van der Waals surface area contributed by atoms with Crippen molar-refractivity contribution in [3.63, 3.8) is 0 Å². The number of nitrogens with one attached hydrogen (secondary N) is 1. The van der Waals surface area contributed by atoms with Crippen LogP contribution in [0, 0.1) is 11.6 Å². The molecular weight excluding hydrogens is 846 g/mol. The molecule has 3 N–H and O–H groups in total. The van der Waals surface area contributed by atoms with Gasteiger partial charge in [0.1, 0.15) is 11.6 Å². The standard InChI is InChI=1S/C13H11Cl2F4N5O2.C10H5Cl3F4O2.C3H7N5/c1-2-24-12(21-22-23-24)20-11(25)8-7(16)5-6(14)10(9(8)15)26-4-3-13(17,18)19;11-4-3-5(14)6(9(13)18)7(12)8(4)19-2-1-10(15,16)17;1-2-8-3(4)5-6-7-8/h5H,2-4H2,1H3,(H,20,21,23,25);3H,1-2H2;2H2,1H3,(H2,4,5,7). The number of carbonyl (C=O) groups excluding carboxylic acids is 2. The lowest BCUT2D eigenvalue weighted by atomic mass is 10.2. The average molecular weight is 869 g/mol. The van der Waals surface area contributed by atoms with E-state index in [0.29, 0.717) is 24.6 Å². The van der Waals surface area contributed by atoms with Gasteiger partial charge in [-0.25, -0.2) is 18.1 Å². The number of amides is 1. The maximum atomic E-state index is 14.1. The normalized spacial score (nSPS) is 11.2. The van der Waals surface area contributed by atoms with Crippen molar-refractivity contribution in [1.29, 1.82) is 0 Å². The molecule has 292 valence electrons. The fourth-order valence-electron chi connectivity index (χ4n) is 3.44. The number of anilines is 2. The zero-order valence-electron chi connectivity index (χ0n) is 26.6. The number of hydrogen-bond acceptors (Lipinski definition) is 11. The third-order valence-electron chi connectivity index (χ3n) is 5.86. The molecular formula is C26H23Cl5F8N10O4. The van der Waals surface area contributed by atoms with Crippen LogP contribution in [0.1, 0.15) is 47.4 Å². The molecule has 4 rings (SSSR count). The lowest BCUT2D eigenvalue weighted by Gasteiger charge is -2.14. The van der Waals surface area contributed by atoms with Gasteiger partial charge < -0.3 is 15.2 Å². The maximum absolute atomic E-state index is 14.1. The predicted molar refractivity (Wildman–Crippen MR) is 175 cm³/mol. The van der Waals surface area contributed by atoms with Crippen molar-refractivity contribution >= 4 is 81.1 Å². The second-order valence-electron chi connectivity index (χ2n) is 9.54. The summed E-state index contributed by atoms with van der Waals surface area (Å²) in [7, 11) is 0. The molecule has 1 amide bonds. The number of benzene rings is 2. The third kappa shape index (κ3) is 13.7. The van der Waals surface area contributed by atoms with Crippen LogP contribution in [0.25, 0.3) is 0 Å². The lowest BCUT2D eigenvalue weighted by Crippen LogP contribution is -2.19. The molecule has 2 aromatic carbocycles. The second kappa shape index (κ2) is 19.9. The molecule has 0 aliphatic carbocycles. The Morgan fingerprint density at radius 2 is 1.21 bits per heavy atom. The quantitative estimate of drug-likeness (QED) is 0.111. The van der Waals surface area contributed by atoms with E-state index < -0.39 is 93.9 Å². The molecule has 0 bridgehead atoms. The van der Waals surface area contributed by atoms with Gasteiger partial charge in [-0.05, 0) is 58.4 Å². The SMILES string of the molecule is CCn1nnnc1N.CCn1nnnc1NC(=O)c1c(F)cc(Cl)c(OCCC(F)(F)F)c1Cl.O=C(Cl)c1c(F)cc(Cl)c(OCCC(F)(F)F)c1Cl. The minimum atomic E-state index is -4.46. The van der Waals surface area contributed by atoms with Crippen molar-refractivity contribution in [2.75, 3.05) is 24.3 Å². The Hall–Kier alpha value is -3.99. The van der Waals surface area contributed by atoms with Crippen LogP contribution >= 0.6 is 58.0 Å². The summed E-state index contributed by atoms with van der Waals surface area (Å²) in [5.74, 6) is -3.74. The highest BCUT2D eigenvalue weighted by Gasteiger charge is 2.30. The Labute approximate surface area is 317 Å². The largest absolute Gasteiger partial charge is 0.490 e. The summed E-state index contributed by atoms with van der Waals surface area (Å²) >= 11 is 28.0. The first kappa shape index (κ1) is 45.2. The number of rotatable bonds is 11. The first-order chi connectivity index (χ1) is 24.6. The smallest absolute Gasteiger partial charge is 0.392 e. The number of alkyl halides is 6. The molecule has 0 atom stereocenters. The molecule has 4 aromatic rings. The summed E-state index contributed by atoms with van der Waals surface area (Å²) in [5, 5.41) is 20.0. The van der Waals surface area contributed by atoms with E-state index in [2.05, 4.69) is 36.4 Å². The molecule has 14 nitrogen and oxygen atoms in total. The number of carbonyl (C=O) groups is 2. The summed E-state index contributed by atoms with van der Waals surface area (Å²) in [6.45, 7) is 3.10. The number of aromatic nitrogens is 8. The Bertz CT molecular complexity index is 1880. The van der Waals surface area contributed by atoms with Crippen LogP contribution in [0.3, 0.4) is 0 Å². The van der Waals surface area contributed by atoms with Crippen molar-refractivity contribution in [2.24, 2.45) is 0 Å². The number of aryl methyl sites for hydroxylation is 2. The van der Waals surface area contributed by atoms with E-state index in [0.717, 1.165) is 6.54 Å². The van der Waals surface area contributed by atoms with Crippen LogP contribution < -0.4 is 20.5 Å². The van der Waals surface area contributed by atoms with Crippen LogP contribution in [-0.4, -0.2) is 77.1 Å². The number of tetrazole rings is 2. The van der Waals surface area contributed by atoms with Crippen LogP contribution in [0.4, 0.5) is 47.0 Å². The van der Waals surface area contributed by atoms with E-state index in [9.17, 15) is 44.7 Å². The number of hydrogen-bond donors (Lipinski definition) is 2. The summed E-state index contributed by atoms with van der Waals surface area (Å²) in [6.07, 6.45) is -11.4. The zero-order chi connectivity index (χ0) is 40.3. The molecule has 0 aliphatic rings.